The van der Waals surface area contributed by atoms with Crippen molar-refractivity contribution in [2.24, 2.45) is 0 Å². The summed E-state index contributed by atoms with van der Waals surface area (Å²) in [5.74, 6) is -0.211. The first-order chi connectivity index (χ1) is 10.7. The quantitative estimate of drug-likeness (QED) is 0.586. The van der Waals surface area contributed by atoms with Crippen LogP contribution in [0, 0.1) is 6.92 Å². The fraction of sp³-hybridized carbons (Fsp3) is 0.188. The molecule has 2 aromatic rings. The van der Waals surface area contributed by atoms with Crippen molar-refractivity contribution in [2.45, 2.75) is 11.8 Å². The highest BCUT2D eigenvalue weighted by Gasteiger charge is 2.22. The standard InChI is InChI=1S/C16H16BrNO4S/c1-11-4-7-13(8-5-11)22-16(19)12-6-9-14(17)15(10-12)23(20,21)18(2)3/h4-10H,1-3H3. The van der Waals surface area contributed by atoms with Crippen LogP contribution in [0.3, 0.4) is 0 Å². The molecule has 7 heteroatoms. The van der Waals surface area contributed by atoms with Crippen LogP contribution in [-0.4, -0.2) is 32.8 Å². The third kappa shape index (κ3) is 3.99. The monoisotopic (exact) mass is 397 g/mol. The summed E-state index contributed by atoms with van der Waals surface area (Å²) < 4.78 is 31.3. The van der Waals surface area contributed by atoms with Gasteiger partial charge in [0.05, 0.1) is 10.5 Å². The van der Waals surface area contributed by atoms with E-state index >= 15 is 0 Å². The normalized spacial score (nSPS) is 11.5. The van der Waals surface area contributed by atoms with E-state index in [0.29, 0.717) is 10.2 Å². The van der Waals surface area contributed by atoms with Crippen molar-refractivity contribution >= 4 is 31.9 Å². The summed E-state index contributed by atoms with van der Waals surface area (Å²) in [5, 5.41) is 0. The molecule has 0 aliphatic carbocycles. The van der Waals surface area contributed by atoms with Crippen LogP contribution in [0.1, 0.15) is 15.9 Å². The second-order valence-corrected chi connectivity index (χ2v) is 8.11. The van der Waals surface area contributed by atoms with E-state index in [9.17, 15) is 13.2 Å². The number of aryl methyl sites for hydroxylation is 1. The van der Waals surface area contributed by atoms with E-state index in [2.05, 4.69) is 15.9 Å². The molecule has 0 unspecified atom stereocenters. The van der Waals surface area contributed by atoms with Crippen molar-refractivity contribution in [3.63, 3.8) is 0 Å². The summed E-state index contributed by atoms with van der Waals surface area (Å²) in [6.07, 6.45) is 0. The van der Waals surface area contributed by atoms with Crippen LogP contribution in [-0.2, 0) is 10.0 Å². The van der Waals surface area contributed by atoms with Crippen LogP contribution in [0.4, 0.5) is 0 Å². The number of halogens is 1. The zero-order valence-electron chi connectivity index (χ0n) is 12.9. The lowest BCUT2D eigenvalue weighted by molar-refractivity contribution is 0.0734. The van der Waals surface area contributed by atoms with Gasteiger partial charge in [0, 0.05) is 18.6 Å². The molecule has 122 valence electrons. The lowest BCUT2D eigenvalue weighted by Crippen LogP contribution is -2.23. The molecule has 0 spiro atoms. The molecule has 23 heavy (non-hydrogen) atoms. The fourth-order valence-electron chi connectivity index (χ4n) is 1.80. The topological polar surface area (TPSA) is 63.7 Å². The van der Waals surface area contributed by atoms with Gasteiger partial charge >= 0.3 is 5.97 Å². The molecule has 2 rings (SSSR count). The summed E-state index contributed by atoms with van der Waals surface area (Å²) >= 11 is 3.20. The SMILES string of the molecule is Cc1ccc(OC(=O)c2ccc(Br)c(S(=O)(=O)N(C)C)c2)cc1. The second kappa shape index (κ2) is 6.82. The summed E-state index contributed by atoms with van der Waals surface area (Å²) in [6.45, 7) is 1.93. The Morgan fingerprint density at radius 3 is 2.26 bits per heavy atom. The zero-order chi connectivity index (χ0) is 17.2. The van der Waals surface area contributed by atoms with Crippen molar-refractivity contribution in [1.82, 2.24) is 4.31 Å². The highest BCUT2D eigenvalue weighted by Crippen LogP contribution is 2.26. The molecule has 0 N–H and O–H groups in total. The lowest BCUT2D eigenvalue weighted by atomic mass is 10.2. The van der Waals surface area contributed by atoms with Crippen molar-refractivity contribution in [3.05, 3.63) is 58.1 Å². The van der Waals surface area contributed by atoms with E-state index in [1.807, 2.05) is 19.1 Å². The van der Waals surface area contributed by atoms with Gasteiger partial charge in [-0.1, -0.05) is 17.7 Å². The number of benzene rings is 2. The molecule has 0 saturated carbocycles. The minimum atomic E-state index is -3.66. The van der Waals surface area contributed by atoms with E-state index in [4.69, 9.17) is 4.74 Å². The number of ether oxygens (including phenoxy) is 1. The van der Waals surface area contributed by atoms with E-state index in [-0.39, 0.29) is 10.5 Å². The van der Waals surface area contributed by atoms with Gasteiger partial charge in [-0.15, -0.1) is 0 Å². The second-order valence-electron chi connectivity index (χ2n) is 5.14. The number of hydrogen-bond donors (Lipinski definition) is 0. The minimum absolute atomic E-state index is 0.0147. The third-order valence-corrected chi connectivity index (χ3v) is 5.97. The number of carbonyl (C=O) groups is 1. The Morgan fingerprint density at radius 1 is 1.09 bits per heavy atom. The first kappa shape index (κ1) is 17.7. The fourth-order valence-corrected chi connectivity index (χ4v) is 3.64. The van der Waals surface area contributed by atoms with E-state index in [1.165, 1.54) is 32.3 Å². The lowest BCUT2D eigenvalue weighted by Gasteiger charge is -2.13. The predicted octanol–water partition coefficient (Wildman–Crippen LogP) is 3.23. The number of carbonyl (C=O) groups excluding carboxylic acids is 1. The molecule has 0 amide bonds. The van der Waals surface area contributed by atoms with Crippen molar-refractivity contribution in [3.8, 4) is 5.75 Å². The van der Waals surface area contributed by atoms with Gasteiger partial charge in [-0.2, -0.15) is 0 Å². The Kier molecular flexibility index (Phi) is 5.23. The summed E-state index contributed by atoms with van der Waals surface area (Å²) in [4.78, 5) is 12.2. The van der Waals surface area contributed by atoms with Gasteiger partial charge in [0.15, 0.2) is 0 Å². The Hall–Kier alpha value is -1.70. The van der Waals surface area contributed by atoms with Crippen LogP contribution in [0.15, 0.2) is 51.8 Å². The number of rotatable bonds is 4. The van der Waals surface area contributed by atoms with Crippen molar-refractivity contribution in [1.29, 1.82) is 0 Å². The van der Waals surface area contributed by atoms with Gasteiger partial charge < -0.3 is 4.74 Å². The highest BCUT2D eigenvalue weighted by atomic mass is 79.9. The van der Waals surface area contributed by atoms with Crippen LogP contribution in [0.2, 0.25) is 0 Å². The third-order valence-electron chi connectivity index (χ3n) is 3.16. The Balaban J connectivity index is 2.33. The number of hydrogen-bond acceptors (Lipinski definition) is 4. The van der Waals surface area contributed by atoms with Gasteiger partial charge in [0.2, 0.25) is 10.0 Å². The summed E-state index contributed by atoms with van der Waals surface area (Å²) in [7, 11) is -0.804. The average Bonchev–Trinajstić information content (AvgIpc) is 2.49. The Morgan fingerprint density at radius 2 is 1.70 bits per heavy atom. The van der Waals surface area contributed by atoms with Gasteiger partial charge in [-0.25, -0.2) is 17.5 Å². The smallest absolute Gasteiger partial charge is 0.343 e. The predicted molar refractivity (Wildman–Crippen MR) is 91.2 cm³/mol. The zero-order valence-corrected chi connectivity index (χ0v) is 15.3. The molecule has 0 aliphatic heterocycles. The van der Waals surface area contributed by atoms with Crippen LogP contribution >= 0.6 is 15.9 Å². The van der Waals surface area contributed by atoms with E-state index in [0.717, 1.165) is 9.87 Å². The molecular weight excluding hydrogens is 382 g/mol. The molecule has 5 nitrogen and oxygen atoms in total. The maximum Gasteiger partial charge on any atom is 0.343 e. The first-order valence-corrected chi connectivity index (χ1v) is 8.96. The largest absolute Gasteiger partial charge is 0.423 e. The molecule has 0 aliphatic rings. The molecule has 0 saturated heterocycles. The molecule has 0 aromatic heterocycles. The van der Waals surface area contributed by atoms with E-state index in [1.54, 1.807) is 12.1 Å². The van der Waals surface area contributed by atoms with E-state index < -0.39 is 16.0 Å². The maximum absolute atomic E-state index is 12.3. The molecular formula is C16H16BrNO4S. The van der Waals surface area contributed by atoms with Gasteiger partial charge in [-0.05, 0) is 53.2 Å². The van der Waals surface area contributed by atoms with Crippen LogP contribution in [0.5, 0.6) is 5.75 Å². The van der Waals surface area contributed by atoms with Crippen molar-refractivity contribution < 1.29 is 17.9 Å². The highest BCUT2D eigenvalue weighted by molar-refractivity contribution is 9.10. The minimum Gasteiger partial charge on any atom is -0.423 e. The number of nitrogens with zero attached hydrogens (tertiary/aromatic N) is 1. The maximum atomic E-state index is 12.3. The molecule has 0 bridgehead atoms. The number of esters is 1. The van der Waals surface area contributed by atoms with Gasteiger partial charge in [0.25, 0.3) is 0 Å². The van der Waals surface area contributed by atoms with Gasteiger partial charge in [-0.3, -0.25) is 0 Å². The van der Waals surface area contributed by atoms with Crippen LogP contribution in [0.25, 0.3) is 0 Å². The molecule has 0 fully saturated rings. The summed E-state index contributed by atoms with van der Waals surface area (Å²) in [6, 6.07) is 11.3. The van der Waals surface area contributed by atoms with Crippen molar-refractivity contribution in [2.75, 3.05) is 14.1 Å². The molecule has 0 radical (unpaired) electrons. The molecule has 2 aromatic carbocycles. The summed E-state index contributed by atoms with van der Waals surface area (Å²) in [5.41, 5.74) is 1.21. The van der Waals surface area contributed by atoms with Gasteiger partial charge in [0.1, 0.15) is 5.75 Å². The van der Waals surface area contributed by atoms with Crippen LogP contribution < -0.4 is 4.74 Å². The average molecular weight is 398 g/mol. The Bertz CT molecular complexity index is 830. The molecule has 0 heterocycles. The molecule has 0 atom stereocenters. The Labute approximate surface area is 144 Å². The first-order valence-electron chi connectivity index (χ1n) is 6.73. The number of sulfonamides is 1.